The van der Waals surface area contributed by atoms with Gasteiger partial charge in [0.1, 0.15) is 0 Å². The summed E-state index contributed by atoms with van der Waals surface area (Å²) in [5, 5.41) is 7.35. The van der Waals surface area contributed by atoms with Gasteiger partial charge in [-0.15, -0.1) is 0 Å². The molecule has 0 saturated heterocycles. The van der Waals surface area contributed by atoms with Crippen molar-refractivity contribution in [2.75, 3.05) is 5.32 Å². The number of aryl methyl sites for hydroxylation is 2. The fourth-order valence-corrected chi connectivity index (χ4v) is 2.12. The third kappa shape index (κ3) is 2.54. The van der Waals surface area contributed by atoms with E-state index in [4.69, 9.17) is 4.52 Å². The molecule has 20 heavy (non-hydrogen) atoms. The van der Waals surface area contributed by atoms with Gasteiger partial charge in [-0.1, -0.05) is 23.4 Å². The predicted molar refractivity (Wildman–Crippen MR) is 74.3 cm³/mol. The molecular formula is C14H14N4O2. The van der Waals surface area contributed by atoms with E-state index in [0.29, 0.717) is 18.7 Å². The first-order valence-electron chi connectivity index (χ1n) is 6.37. The molecule has 2 N–H and O–H groups in total. The number of H-pyrrole nitrogens is 1. The van der Waals surface area contributed by atoms with Crippen LogP contribution in [0, 0.1) is 6.92 Å². The summed E-state index contributed by atoms with van der Waals surface area (Å²) in [6.45, 7) is 1.70. The van der Waals surface area contributed by atoms with E-state index in [-0.39, 0.29) is 11.9 Å². The second-order valence-electron chi connectivity index (χ2n) is 4.55. The number of hydrogen-bond donors (Lipinski definition) is 2. The Bertz CT molecular complexity index is 744. The number of rotatable bonds is 4. The zero-order valence-electron chi connectivity index (χ0n) is 11.0. The van der Waals surface area contributed by atoms with Crippen LogP contribution in [-0.4, -0.2) is 21.0 Å². The van der Waals surface area contributed by atoms with Gasteiger partial charge in [-0.3, -0.25) is 10.1 Å². The highest BCUT2D eigenvalue weighted by Crippen LogP contribution is 2.19. The summed E-state index contributed by atoms with van der Waals surface area (Å²) in [5.74, 6) is 0.357. The Kier molecular flexibility index (Phi) is 3.20. The molecule has 2 aromatic heterocycles. The molecule has 3 aromatic rings. The Labute approximate surface area is 115 Å². The minimum Gasteiger partial charge on any atom is -0.361 e. The molecule has 0 aliphatic rings. The van der Waals surface area contributed by atoms with Crippen molar-refractivity contribution in [3.63, 3.8) is 0 Å². The van der Waals surface area contributed by atoms with E-state index in [2.05, 4.69) is 20.4 Å². The molecule has 0 atom stereocenters. The van der Waals surface area contributed by atoms with Gasteiger partial charge >= 0.3 is 6.01 Å². The molecule has 0 aliphatic carbocycles. The molecule has 0 fully saturated rings. The van der Waals surface area contributed by atoms with Crippen LogP contribution in [0.5, 0.6) is 0 Å². The number of aromatic amines is 1. The molecule has 0 radical (unpaired) electrons. The van der Waals surface area contributed by atoms with Crippen molar-refractivity contribution in [1.29, 1.82) is 0 Å². The topological polar surface area (TPSA) is 83.8 Å². The third-order valence-corrected chi connectivity index (χ3v) is 3.07. The smallest absolute Gasteiger partial charge is 0.328 e. The highest BCUT2D eigenvalue weighted by molar-refractivity contribution is 5.89. The van der Waals surface area contributed by atoms with Gasteiger partial charge < -0.3 is 9.51 Å². The van der Waals surface area contributed by atoms with Gasteiger partial charge in [0.25, 0.3) is 0 Å². The fourth-order valence-electron chi connectivity index (χ4n) is 2.12. The Hall–Kier alpha value is -2.63. The summed E-state index contributed by atoms with van der Waals surface area (Å²) in [5.41, 5.74) is 2.20. The average molecular weight is 270 g/mol. The number of anilines is 1. The van der Waals surface area contributed by atoms with Crippen LogP contribution in [-0.2, 0) is 11.2 Å². The largest absolute Gasteiger partial charge is 0.361 e. The number of para-hydroxylation sites is 1. The van der Waals surface area contributed by atoms with E-state index in [1.54, 1.807) is 6.92 Å². The van der Waals surface area contributed by atoms with Crippen molar-refractivity contribution < 1.29 is 9.32 Å². The molecule has 6 nitrogen and oxygen atoms in total. The van der Waals surface area contributed by atoms with E-state index >= 15 is 0 Å². The molecule has 102 valence electrons. The number of benzene rings is 1. The zero-order valence-corrected chi connectivity index (χ0v) is 11.0. The van der Waals surface area contributed by atoms with E-state index < -0.39 is 0 Å². The number of carbonyl (C=O) groups excluding carboxylic acids is 1. The van der Waals surface area contributed by atoms with Gasteiger partial charge in [-0.05, 0) is 25.0 Å². The molecule has 0 bridgehead atoms. The zero-order chi connectivity index (χ0) is 13.9. The predicted octanol–water partition coefficient (Wildman–Crippen LogP) is 2.43. The van der Waals surface area contributed by atoms with Gasteiger partial charge in [-0.25, -0.2) is 0 Å². The summed E-state index contributed by atoms with van der Waals surface area (Å²) < 4.78 is 4.84. The van der Waals surface area contributed by atoms with E-state index in [9.17, 15) is 4.79 Å². The summed E-state index contributed by atoms with van der Waals surface area (Å²) in [4.78, 5) is 18.9. The van der Waals surface area contributed by atoms with E-state index in [1.807, 2.05) is 30.5 Å². The van der Waals surface area contributed by atoms with E-state index in [1.165, 1.54) is 0 Å². The highest BCUT2D eigenvalue weighted by atomic mass is 16.5. The third-order valence-electron chi connectivity index (χ3n) is 3.07. The Morgan fingerprint density at radius 1 is 1.40 bits per heavy atom. The molecule has 6 heteroatoms. The van der Waals surface area contributed by atoms with Crippen LogP contribution in [0.3, 0.4) is 0 Å². The molecule has 0 aliphatic heterocycles. The standard InChI is InChI=1S/C14H14N4O2/c1-9-16-14(20-18-9)17-13(19)7-6-10-8-15-12-5-3-2-4-11(10)12/h2-5,8,15H,6-7H2,1H3,(H,16,17,18,19). The Morgan fingerprint density at radius 2 is 2.25 bits per heavy atom. The number of nitrogens with zero attached hydrogens (tertiary/aromatic N) is 2. The second-order valence-corrected chi connectivity index (χ2v) is 4.55. The van der Waals surface area contributed by atoms with Crippen molar-refractivity contribution in [3.05, 3.63) is 41.9 Å². The summed E-state index contributed by atoms with van der Waals surface area (Å²) in [6, 6.07) is 8.17. The lowest BCUT2D eigenvalue weighted by atomic mass is 10.1. The maximum absolute atomic E-state index is 11.8. The molecule has 0 spiro atoms. The van der Waals surface area contributed by atoms with Crippen LogP contribution in [0.4, 0.5) is 6.01 Å². The van der Waals surface area contributed by atoms with Crippen molar-refractivity contribution in [1.82, 2.24) is 15.1 Å². The molecule has 0 unspecified atom stereocenters. The lowest BCUT2D eigenvalue weighted by Gasteiger charge is -2.00. The normalized spacial score (nSPS) is 10.8. The first kappa shape index (κ1) is 12.4. The lowest BCUT2D eigenvalue weighted by Crippen LogP contribution is -2.12. The van der Waals surface area contributed by atoms with Crippen molar-refractivity contribution in [3.8, 4) is 0 Å². The Morgan fingerprint density at radius 3 is 3.05 bits per heavy atom. The molecule has 0 saturated carbocycles. The van der Waals surface area contributed by atoms with Gasteiger partial charge in [0.05, 0.1) is 0 Å². The first-order valence-corrected chi connectivity index (χ1v) is 6.37. The molecule has 3 rings (SSSR count). The average Bonchev–Trinajstić information content (AvgIpc) is 3.03. The van der Waals surface area contributed by atoms with Crippen LogP contribution in [0.1, 0.15) is 17.8 Å². The SMILES string of the molecule is Cc1noc(NC(=O)CCc2c[nH]c3ccccc23)n1. The number of fused-ring (bicyclic) bond motifs is 1. The number of carbonyl (C=O) groups is 1. The second kappa shape index (κ2) is 5.16. The fraction of sp³-hybridized carbons (Fsp3) is 0.214. The highest BCUT2D eigenvalue weighted by Gasteiger charge is 2.09. The quantitative estimate of drug-likeness (QED) is 0.762. The van der Waals surface area contributed by atoms with Crippen LogP contribution >= 0.6 is 0 Å². The number of amides is 1. The molecule has 2 heterocycles. The van der Waals surface area contributed by atoms with Crippen LogP contribution in [0.25, 0.3) is 10.9 Å². The minimum atomic E-state index is -0.140. The number of hydrogen-bond acceptors (Lipinski definition) is 4. The number of aromatic nitrogens is 3. The van der Waals surface area contributed by atoms with Crippen molar-refractivity contribution in [2.45, 2.75) is 19.8 Å². The number of nitrogens with one attached hydrogen (secondary N) is 2. The first-order chi connectivity index (χ1) is 9.72. The van der Waals surface area contributed by atoms with Crippen molar-refractivity contribution in [2.24, 2.45) is 0 Å². The maximum atomic E-state index is 11.8. The summed E-state index contributed by atoms with van der Waals surface area (Å²) >= 11 is 0. The summed E-state index contributed by atoms with van der Waals surface area (Å²) in [7, 11) is 0. The van der Waals surface area contributed by atoms with Crippen LogP contribution in [0.2, 0.25) is 0 Å². The monoisotopic (exact) mass is 270 g/mol. The van der Waals surface area contributed by atoms with Crippen molar-refractivity contribution >= 4 is 22.8 Å². The molecular weight excluding hydrogens is 256 g/mol. The molecule has 1 amide bonds. The van der Waals surface area contributed by atoms with Gasteiger partial charge in [-0.2, -0.15) is 4.98 Å². The minimum absolute atomic E-state index is 0.140. The van der Waals surface area contributed by atoms with Gasteiger partial charge in [0.2, 0.25) is 5.91 Å². The van der Waals surface area contributed by atoms with Crippen LogP contribution < -0.4 is 5.32 Å². The van der Waals surface area contributed by atoms with Gasteiger partial charge in [0, 0.05) is 23.5 Å². The van der Waals surface area contributed by atoms with Crippen LogP contribution in [0.15, 0.2) is 35.0 Å². The Balaban J connectivity index is 1.63. The van der Waals surface area contributed by atoms with E-state index in [0.717, 1.165) is 16.5 Å². The summed E-state index contributed by atoms with van der Waals surface area (Å²) in [6.07, 6.45) is 2.96. The molecule has 1 aromatic carbocycles. The van der Waals surface area contributed by atoms with Gasteiger partial charge in [0.15, 0.2) is 5.82 Å². The lowest BCUT2D eigenvalue weighted by molar-refractivity contribution is -0.116. The maximum Gasteiger partial charge on any atom is 0.328 e.